The van der Waals surface area contributed by atoms with E-state index >= 15 is 0 Å². The highest BCUT2D eigenvalue weighted by Gasteiger charge is 2.37. The highest BCUT2D eigenvalue weighted by Crippen LogP contribution is 2.28. The SMILES string of the molecule is COc1ccc(C(C(C)N)N2CC(=O)NC(=O)C2C)cc1. The average Bonchev–Trinajstić information content (AvgIpc) is 2.44. The summed E-state index contributed by atoms with van der Waals surface area (Å²) < 4.78 is 5.15. The third-order valence-electron chi connectivity index (χ3n) is 3.78. The van der Waals surface area contributed by atoms with Gasteiger partial charge in [0, 0.05) is 6.04 Å². The summed E-state index contributed by atoms with van der Waals surface area (Å²) in [6.07, 6.45) is 0. The van der Waals surface area contributed by atoms with Crippen molar-refractivity contribution in [1.29, 1.82) is 0 Å². The summed E-state index contributed by atoms with van der Waals surface area (Å²) in [5.41, 5.74) is 7.07. The van der Waals surface area contributed by atoms with Gasteiger partial charge < -0.3 is 10.5 Å². The fourth-order valence-corrected chi connectivity index (χ4v) is 2.67. The summed E-state index contributed by atoms with van der Waals surface area (Å²) in [6.45, 7) is 3.81. The highest BCUT2D eigenvalue weighted by molar-refractivity contribution is 6.00. The number of amides is 2. The molecule has 1 saturated heterocycles. The van der Waals surface area contributed by atoms with E-state index in [1.54, 1.807) is 14.0 Å². The van der Waals surface area contributed by atoms with Crippen LogP contribution < -0.4 is 15.8 Å². The number of methoxy groups -OCH3 is 1. The fourth-order valence-electron chi connectivity index (χ4n) is 2.67. The molecule has 0 aliphatic carbocycles. The van der Waals surface area contributed by atoms with E-state index in [1.165, 1.54) is 0 Å². The van der Waals surface area contributed by atoms with Gasteiger partial charge in [0.2, 0.25) is 11.8 Å². The van der Waals surface area contributed by atoms with Crippen LogP contribution in [0.15, 0.2) is 24.3 Å². The van der Waals surface area contributed by atoms with Gasteiger partial charge in [0.25, 0.3) is 0 Å². The van der Waals surface area contributed by atoms with Gasteiger partial charge >= 0.3 is 0 Å². The number of ether oxygens (including phenoxy) is 1. The Morgan fingerprint density at radius 3 is 2.48 bits per heavy atom. The van der Waals surface area contributed by atoms with Crippen molar-refractivity contribution in [2.75, 3.05) is 13.7 Å². The molecule has 3 N–H and O–H groups in total. The Hall–Kier alpha value is -1.92. The first-order valence-corrected chi connectivity index (χ1v) is 6.93. The van der Waals surface area contributed by atoms with E-state index in [-0.39, 0.29) is 30.4 Å². The quantitative estimate of drug-likeness (QED) is 0.786. The molecule has 6 heteroatoms. The molecular weight excluding hydrogens is 270 g/mol. The Bertz CT molecular complexity index is 527. The van der Waals surface area contributed by atoms with Gasteiger partial charge in [-0.2, -0.15) is 0 Å². The molecule has 0 aromatic heterocycles. The minimum absolute atomic E-state index is 0.158. The predicted molar refractivity (Wildman–Crippen MR) is 78.7 cm³/mol. The van der Waals surface area contributed by atoms with Crippen LogP contribution >= 0.6 is 0 Å². The number of carbonyl (C=O) groups excluding carboxylic acids is 2. The maximum Gasteiger partial charge on any atom is 0.243 e. The van der Waals surface area contributed by atoms with E-state index in [9.17, 15) is 9.59 Å². The van der Waals surface area contributed by atoms with Crippen LogP contribution in [0, 0.1) is 0 Å². The van der Waals surface area contributed by atoms with Crippen molar-refractivity contribution in [2.45, 2.75) is 32.0 Å². The number of nitrogens with two attached hydrogens (primary N) is 1. The lowest BCUT2D eigenvalue weighted by molar-refractivity contribution is -0.141. The Balaban J connectivity index is 2.33. The van der Waals surface area contributed by atoms with Gasteiger partial charge in [-0.3, -0.25) is 19.8 Å². The third-order valence-corrected chi connectivity index (χ3v) is 3.78. The Morgan fingerprint density at radius 1 is 1.33 bits per heavy atom. The molecule has 1 fully saturated rings. The van der Waals surface area contributed by atoms with E-state index < -0.39 is 6.04 Å². The minimum atomic E-state index is -0.402. The molecule has 21 heavy (non-hydrogen) atoms. The Labute approximate surface area is 124 Å². The zero-order valence-electron chi connectivity index (χ0n) is 12.5. The lowest BCUT2D eigenvalue weighted by Gasteiger charge is -2.40. The number of hydrogen-bond donors (Lipinski definition) is 2. The van der Waals surface area contributed by atoms with Gasteiger partial charge in [0.05, 0.1) is 25.7 Å². The van der Waals surface area contributed by atoms with Gasteiger partial charge in [0.1, 0.15) is 5.75 Å². The molecule has 2 rings (SSSR count). The molecule has 0 saturated carbocycles. The van der Waals surface area contributed by atoms with Gasteiger partial charge in [-0.25, -0.2) is 0 Å². The first kappa shape index (κ1) is 15.5. The molecule has 1 aliphatic heterocycles. The number of nitrogens with zero attached hydrogens (tertiary/aromatic N) is 1. The van der Waals surface area contributed by atoms with Gasteiger partial charge in [-0.05, 0) is 31.5 Å². The number of imide groups is 1. The number of piperazine rings is 1. The normalized spacial score (nSPS) is 22.6. The molecule has 0 spiro atoms. The molecule has 1 aliphatic rings. The largest absolute Gasteiger partial charge is 0.497 e. The van der Waals surface area contributed by atoms with Crippen molar-refractivity contribution < 1.29 is 14.3 Å². The zero-order chi connectivity index (χ0) is 15.6. The first-order valence-electron chi connectivity index (χ1n) is 6.93. The van der Waals surface area contributed by atoms with Crippen LogP contribution in [-0.4, -0.2) is 42.5 Å². The number of carbonyl (C=O) groups is 2. The van der Waals surface area contributed by atoms with Crippen LogP contribution in [0.4, 0.5) is 0 Å². The second kappa shape index (κ2) is 6.24. The molecule has 3 unspecified atom stereocenters. The second-order valence-electron chi connectivity index (χ2n) is 5.34. The van der Waals surface area contributed by atoms with E-state index in [0.717, 1.165) is 11.3 Å². The van der Waals surface area contributed by atoms with E-state index in [2.05, 4.69) is 5.32 Å². The lowest BCUT2D eigenvalue weighted by Crippen LogP contribution is -2.59. The highest BCUT2D eigenvalue weighted by atomic mass is 16.5. The molecule has 2 amide bonds. The van der Waals surface area contributed by atoms with Crippen LogP contribution in [0.5, 0.6) is 5.75 Å². The topological polar surface area (TPSA) is 84.7 Å². The molecule has 0 radical (unpaired) electrons. The van der Waals surface area contributed by atoms with Crippen molar-refractivity contribution >= 4 is 11.8 Å². The molecule has 6 nitrogen and oxygen atoms in total. The van der Waals surface area contributed by atoms with Crippen molar-refractivity contribution in [3.63, 3.8) is 0 Å². The van der Waals surface area contributed by atoms with Crippen LogP contribution in [0.3, 0.4) is 0 Å². The Kier molecular flexibility index (Phi) is 4.59. The summed E-state index contributed by atoms with van der Waals surface area (Å²) in [5, 5.41) is 2.34. The maximum absolute atomic E-state index is 11.8. The molecule has 114 valence electrons. The van der Waals surface area contributed by atoms with Crippen LogP contribution in [0.1, 0.15) is 25.5 Å². The molecule has 1 heterocycles. The van der Waals surface area contributed by atoms with Crippen LogP contribution in [-0.2, 0) is 9.59 Å². The zero-order valence-corrected chi connectivity index (χ0v) is 12.5. The number of benzene rings is 1. The first-order chi connectivity index (χ1) is 9.93. The minimum Gasteiger partial charge on any atom is -0.497 e. The number of hydrogen-bond acceptors (Lipinski definition) is 5. The molecule has 0 bridgehead atoms. The molecular formula is C15H21N3O3. The molecule has 3 atom stereocenters. The Morgan fingerprint density at radius 2 is 1.95 bits per heavy atom. The van der Waals surface area contributed by atoms with E-state index in [0.29, 0.717) is 0 Å². The van der Waals surface area contributed by atoms with Crippen LogP contribution in [0.2, 0.25) is 0 Å². The standard InChI is InChI=1S/C15H21N3O3/c1-9(16)14(11-4-6-12(21-3)7-5-11)18-8-13(19)17-15(20)10(18)2/h4-7,9-10,14H,8,16H2,1-3H3,(H,17,19,20). The van der Waals surface area contributed by atoms with E-state index in [4.69, 9.17) is 10.5 Å². The van der Waals surface area contributed by atoms with Crippen molar-refractivity contribution in [1.82, 2.24) is 10.2 Å². The van der Waals surface area contributed by atoms with Crippen molar-refractivity contribution in [3.05, 3.63) is 29.8 Å². The number of rotatable bonds is 4. The van der Waals surface area contributed by atoms with Crippen molar-refractivity contribution in [3.8, 4) is 5.75 Å². The van der Waals surface area contributed by atoms with Crippen molar-refractivity contribution in [2.24, 2.45) is 5.73 Å². The predicted octanol–water partition coefficient (Wildman–Crippen LogP) is 0.430. The fraction of sp³-hybridized carbons (Fsp3) is 0.467. The molecule has 1 aromatic rings. The average molecular weight is 291 g/mol. The second-order valence-corrected chi connectivity index (χ2v) is 5.34. The maximum atomic E-state index is 11.8. The van der Waals surface area contributed by atoms with E-state index in [1.807, 2.05) is 36.1 Å². The molecule has 1 aromatic carbocycles. The summed E-state index contributed by atoms with van der Waals surface area (Å²) in [6, 6.07) is 6.69. The lowest BCUT2D eigenvalue weighted by atomic mass is 9.96. The van der Waals surface area contributed by atoms with Crippen LogP contribution in [0.25, 0.3) is 0 Å². The summed E-state index contributed by atoms with van der Waals surface area (Å²) >= 11 is 0. The van der Waals surface area contributed by atoms with Gasteiger partial charge in [-0.1, -0.05) is 12.1 Å². The smallest absolute Gasteiger partial charge is 0.243 e. The summed E-state index contributed by atoms with van der Waals surface area (Å²) in [7, 11) is 1.60. The summed E-state index contributed by atoms with van der Waals surface area (Å²) in [5.74, 6) is 0.172. The van der Waals surface area contributed by atoms with Gasteiger partial charge in [0.15, 0.2) is 0 Å². The summed E-state index contributed by atoms with van der Waals surface area (Å²) in [4.78, 5) is 25.3. The number of nitrogens with one attached hydrogen (secondary N) is 1. The third kappa shape index (κ3) is 3.22. The monoisotopic (exact) mass is 291 g/mol. The van der Waals surface area contributed by atoms with Gasteiger partial charge in [-0.15, -0.1) is 0 Å².